The Labute approximate surface area is 194 Å². The topological polar surface area (TPSA) is 59.1 Å². The Bertz CT molecular complexity index is 1010. The molecule has 0 radical (unpaired) electrons. The van der Waals surface area contributed by atoms with Gasteiger partial charge in [-0.05, 0) is 55.3 Å². The average Bonchev–Trinajstić information content (AvgIpc) is 2.83. The van der Waals surface area contributed by atoms with Gasteiger partial charge in [-0.15, -0.1) is 0 Å². The van der Waals surface area contributed by atoms with Crippen LogP contribution in [0.2, 0.25) is 0 Å². The molecule has 0 atom stereocenters. The minimum atomic E-state index is -0.418. The summed E-state index contributed by atoms with van der Waals surface area (Å²) in [6.07, 6.45) is 5.33. The molecule has 2 aromatic carbocycles. The van der Waals surface area contributed by atoms with Crippen molar-refractivity contribution < 1.29 is 23.5 Å². The lowest BCUT2D eigenvalue weighted by Gasteiger charge is -2.35. The van der Waals surface area contributed by atoms with E-state index < -0.39 is 5.82 Å². The van der Waals surface area contributed by atoms with Crippen LogP contribution in [-0.2, 0) is 4.79 Å². The first-order valence-corrected chi connectivity index (χ1v) is 11.3. The van der Waals surface area contributed by atoms with Crippen LogP contribution in [0.5, 0.6) is 11.5 Å². The summed E-state index contributed by atoms with van der Waals surface area (Å²) in [6, 6.07) is 10.1. The van der Waals surface area contributed by atoms with Gasteiger partial charge < -0.3 is 19.3 Å². The first kappa shape index (κ1) is 24.3. The van der Waals surface area contributed by atoms with Crippen molar-refractivity contribution in [2.24, 2.45) is 0 Å². The summed E-state index contributed by atoms with van der Waals surface area (Å²) >= 11 is 0. The van der Waals surface area contributed by atoms with Crippen LogP contribution in [0.1, 0.15) is 42.6 Å². The Kier molecular flexibility index (Phi) is 8.46. The summed E-state index contributed by atoms with van der Waals surface area (Å²) in [6.45, 7) is 6.18. The highest BCUT2D eigenvalue weighted by Gasteiger charge is 2.22. The van der Waals surface area contributed by atoms with Crippen molar-refractivity contribution in [2.45, 2.75) is 26.7 Å². The number of piperazine rings is 1. The highest BCUT2D eigenvalue weighted by Crippen LogP contribution is 2.29. The van der Waals surface area contributed by atoms with Crippen molar-refractivity contribution in [3.63, 3.8) is 0 Å². The zero-order chi connectivity index (χ0) is 23.8. The van der Waals surface area contributed by atoms with Crippen LogP contribution in [0.15, 0.2) is 42.5 Å². The van der Waals surface area contributed by atoms with E-state index >= 15 is 0 Å². The molecule has 1 fully saturated rings. The number of hydrogen-bond donors (Lipinski definition) is 0. The first-order chi connectivity index (χ1) is 15.9. The highest BCUT2D eigenvalue weighted by atomic mass is 19.1. The zero-order valence-electron chi connectivity index (χ0n) is 19.5. The standard InChI is InChI=1S/C26H31FN2O4/c1-4-5-16-33-24-10-6-20(17-25(24)32-3)7-11-26(31)29-14-12-28(13-15-29)23-9-8-21(19(2)30)18-22(23)27/h6-11,17-18H,4-5,12-16H2,1-3H3/b11-7+. The number of benzene rings is 2. The number of rotatable bonds is 9. The molecule has 0 aliphatic carbocycles. The fourth-order valence-corrected chi connectivity index (χ4v) is 3.66. The summed E-state index contributed by atoms with van der Waals surface area (Å²) in [5, 5.41) is 0. The molecule has 0 spiro atoms. The summed E-state index contributed by atoms with van der Waals surface area (Å²) in [4.78, 5) is 27.7. The van der Waals surface area contributed by atoms with E-state index in [1.165, 1.54) is 13.0 Å². The van der Waals surface area contributed by atoms with Gasteiger partial charge in [-0.3, -0.25) is 9.59 Å². The molecule has 0 unspecified atom stereocenters. The molecule has 33 heavy (non-hydrogen) atoms. The van der Waals surface area contributed by atoms with E-state index in [1.807, 2.05) is 23.1 Å². The van der Waals surface area contributed by atoms with E-state index in [0.717, 1.165) is 18.4 Å². The second kappa shape index (κ2) is 11.5. The summed E-state index contributed by atoms with van der Waals surface area (Å²) in [7, 11) is 1.59. The summed E-state index contributed by atoms with van der Waals surface area (Å²) in [5.41, 5.74) is 1.65. The van der Waals surface area contributed by atoms with Crippen LogP contribution in [0.3, 0.4) is 0 Å². The predicted octanol–water partition coefficient (Wildman–Crippen LogP) is 4.58. The molecule has 7 heteroatoms. The number of amides is 1. The third-order valence-corrected chi connectivity index (χ3v) is 5.65. The Morgan fingerprint density at radius 2 is 1.82 bits per heavy atom. The van der Waals surface area contributed by atoms with Crippen molar-refractivity contribution in [3.8, 4) is 11.5 Å². The summed E-state index contributed by atoms with van der Waals surface area (Å²) in [5.74, 6) is 0.642. The normalized spacial score (nSPS) is 13.9. The molecule has 0 bridgehead atoms. The van der Waals surface area contributed by atoms with E-state index in [-0.39, 0.29) is 11.7 Å². The van der Waals surface area contributed by atoms with Crippen molar-refractivity contribution in [1.82, 2.24) is 4.90 Å². The molecule has 176 valence electrons. The number of Topliss-reactive ketones (excluding diaryl/α,β-unsaturated/α-hetero) is 1. The molecule has 0 aromatic heterocycles. The number of hydrogen-bond acceptors (Lipinski definition) is 5. The predicted molar refractivity (Wildman–Crippen MR) is 128 cm³/mol. The quantitative estimate of drug-likeness (QED) is 0.315. The molecular weight excluding hydrogens is 423 g/mol. The van der Waals surface area contributed by atoms with Gasteiger partial charge in [-0.2, -0.15) is 0 Å². The van der Waals surface area contributed by atoms with Crippen molar-refractivity contribution in [3.05, 3.63) is 59.4 Å². The lowest BCUT2D eigenvalue weighted by Crippen LogP contribution is -2.48. The van der Waals surface area contributed by atoms with E-state index in [9.17, 15) is 14.0 Å². The maximum absolute atomic E-state index is 14.4. The lowest BCUT2D eigenvalue weighted by atomic mass is 10.1. The fourth-order valence-electron chi connectivity index (χ4n) is 3.66. The van der Waals surface area contributed by atoms with E-state index in [0.29, 0.717) is 55.5 Å². The van der Waals surface area contributed by atoms with Gasteiger partial charge >= 0.3 is 0 Å². The number of anilines is 1. The number of halogens is 1. The van der Waals surface area contributed by atoms with Gasteiger partial charge in [0.05, 0.1) is 19.4 Å². The number of ether oxygens (including phenoxy) is 2. The Balaban J connectivity index is 1.57. The fraction of sp³-hybridized carbons (Fsp3) is 0.385. The number of carbonyl (C=O) groups is 2. The molecule has 1 aliphatic heterocycles. The number of ketones is 1. The molecule has 0 saturated carbocycles. The summed E-state index contributed by atoms with van der Waals surface area (Å²) < 4.78 is 25.6. The maximum atomic E-state index is 14.4. The molecule has 6 nitrogen and oxygen atoms in total. The second-order valence-electron chi connectivity index (χ2n) is 7.98. The third kappa shape index (κ3) is 6.34. The van der Waals surface area contributed by atoms with Gasteiger partial charge in [0.15, 0.2) is 17.3 Å². The average molecular weight is 455 g/mol. The van der Waals surface area contributed by atoms with Crippen LogP contribution in [0, 0.1) is 5.82 Å². The van der Waals surface area contributed by atoms with Gasteiger partial charge in [0.25, 0.3) is 0 Å². The van der Waals surface area contributed by atoms with Crippen molar-refractivity contribution in [2.75, 3.05) is 44.8 Å². The van der Waals surface area contributed by atoms with Crippen LogP contribution >= 0.6 is 0 Å². The van der Waals surface area contributed by atoms with Gasteiger partial charge in [0.2, 0.25) is 5.91 Å². The Morgan fingerprint density at radius 3 is 2.45 bits per heavy atom. The monoisotopic (exact) mass is 454 g/mol. The SMILES string of the molecule is CCCCOc1ccc(/C=C/C(=O)N2CCN(c3ccc(C(C)=O)cc3F)CC2)cc1OC. The lowest BCUT2D eigenvalue weighted by molar-refractivity contribution is -0.126. The van der Waals surface area contributed by atoms with Crippen LogP contribution in [-0.4, -0.2) is 56.5 Å². The number of methoxy groups -OCH3 is 1. The van der Waals surface area contributed by atoms with Gasteiger partial charge in [-0.1, -0.05) is 19.4 Å². The zero-order valence-corrected chi connectivity index (χ0v) is 19.5. The second-order valence-corrected chi connectivity index (χ2v) is 7.98. The molecule has 1 saturated heterocycles. The molecule has 1 aliphatic rings. The van der Waals surface area contributed by atoms with Crippen LogP contribution in [0.25, 0.3) is 6.08 Å². The molecular formula is C26H31FN2O4. The van der Waals surface area contributed by atoms with E-state index in [1.54, 1.807) is 36.3 Å². The van der Waals surface area contributed by atoms with Crippen LogP contribution in [0.4, 0.5) is 10.1 Å². The smallest absolute Gasteiger partial charge is 0.246 e. The van der Waals surface area contributed by atoms with E-state index in [4.69, 9.17) is 9.47 Å². The molecule has 3 rings (SSSR count). The number of carbonyl (C=O) groups excluding carboxylic acids is 2. The minimum Gasteiger partial charge on any atom is -0.493 e. The third-order valence-electron chi connectivity index (χ3n) is 5.65. The first-order valence-electron chi connectivity index (χ1n) is 11.3. The van der Waals surface area contributed by atoms with Gasteiger partial charge in [0.1, 0.15) is 5.82 Å². The Morgan fingerprint density at radius 1 is 1.06 bits per heavy atom. The molecule has 1 heterocycles. The molecule has 0 N–H and O–H groups in total. The highest BCUT2D eigenvalue weighted by molar-refractivity contribution is 5.94. The minimum absolute atomic E-state index is 0.0933. The maximum Gasteiger partial charge on any atom is 0.246 e. The van der Waals surface area contributed by atoms with Crippen molar-refractivity contribution in [1.29, 1.82) is 0 Å². The van der Waals surface area contributed by atoms with Crippen LogP contribution < -0.4 is 14.4 Å². The van der Waals surface area contributed by atoms with Gasteiger partial charge in [-0.25, -0.2) is 4.39 Å². The molecule has 1 amide bonds. The largest absolute Gasteiger partial charge is 0.493 e. The number of unbranched alkanes of at least 4 members (excludes halogenated alkanes) is 1. The number of nitrogens with zero attached hydrogens (tertiary/aromatic N) is 2. The Hall–Kier alpha value is -3.35. The molecule has 2 aromatic rings. The van der Waals surface area contributed by atoms with Gasteiger partial charge in [0, 0.05) is 37.8 Å². The van der Waals surface area contributed by atoms with E-state index in [2.05, 4.69) is 6.92 Å². The van der Waals surface area contributed by atoms with Crippen molar-refractivity contribution >= 4 is 23.5 Å².